The van der Waals surface area contributed by atoms with Gasteiger partial charge in [-0.3, -0.25) is 24.1 Å². The third-order valence-corrected chi connectivity index (χ3v) is 11.2. The van der Waals surface area contributed by atoms with Crippen molar-refractivity contribution in [1.82, 2.24) is 0 Å². The van der Waals surface area contributed by atoms with Gasteiger partial charge in [0.2, 0.25) is 11.8 Å². The average Bonchev–Trinajstić information content (AvgIpc) is 3.39. The molecule has 13 heteroatoms. The van der Waals surface area contributed by atoms with Crippen molar-refractivity contribution in [2.75, 3.05) is 16.9 Å². The van der Waals surface area contributed by atoms with Gasteiger partial charge in [-0.05, 0) is 79.4 Å². The van der Waals surface area contributed by atoms with E-state index in [-0.39, 0.29) is 41.1 Å². The molecule has 0 unspecified atom stereocenters. The van der Waals surface area contributed by atoms with Crippen LogP contribution in [0.1, 0.15) is 34.7 Å². The van der Waals surface area contributed by atoms with Gasteiger partial charge in [0.25, 0.3) is 11.8 Å². The molecule has 3 fully saturated rings. The minimum Gasteiger partial charge on any atom is -0.508 e. The van der Waals surface area contributed by atoms with Crippen molar-refractivity contribution in [2.24, 2.45) is 17.8 Å². The molecule has 0 radical (unpaired) electrons. The van der Waals surface area contributed by atoms with Crippen LogP contribution in [0.25, 0.3) is 0 Å². The average molecular weight is 679 g/mol. The van der Waals surface area contributed by atoms with Crippen LogP contribution in [-0.2, 0) is 19.2 Å². The number of hydrogen-bond acceptors (Lipinski definition) is 7. The molecule has 2 aliphatic heterocycles. The number of alkyl halides is 2. The molecule has 2 aliphatic carbocycles. The Labute approximate surface area is 276 Å². The van der Waals surface area contributed by atoms with Crippen LogP contribution in [0.2, 0.25) is 0 Å². The van der Waals surface area contributed by atoms with Gasteiger partial charge in [0.1, 0.15) is 17.3 Å². The summed E-state index contributed by atoms with van der Waals surface area (Å²) in [5.74, 6) is -8.89. The smallest absolute Gasteiger partial charge is 0.335 e. The number of allylic oxidation sites excluding steroid dienone is 2. The highest BCUT2D eigenvalue weighted by Crippen LogP contribution is 2.66. The van der Waals surface area contributed by atoms with E-state index >= 15 is 0 Å². The zero-order chi connectivity index (χ0) is 33.6. The van der Waals surface area contributed by atoms with Crippen LogP contribution < -0.4 is 14.5 Å². The first-order valence-corrected chi connectivity index (χ1v) is 15.4. The number of imide groups is 2. The summed E-state index contributed by atoms with van der Waals surface area (Å²) in [6, 6.07) is 14.4. The second-order valence-electron chi connectivity index (χ2n) is 12.0. The van der Waals surface area contributed by atoms with Crippen molar-refractivity contribution < 1.29 is 43.3 Å². The van der Waals surface area contributed by atoms with Crippen molar-refractivity contribution in [2.45, 2.75) is 28.5 Å². The molecule has 0 aromatic heterocycles. The fraction of sp³-hybridized carbons (Fsp3) is 0.265. The first-order chi connectivity index (χ1) is 22.3. The van der Waals surface area contributed by atoms with Crippen molar-refractivity contribution in [3.63, 3.8) is 0 Å². The number of aromatic hydroxyl groups is 1. The first kappa shape index (κ1) is 30.9. The summed E-state index contributed by atoms with van der Waals surface area (Å²) >= 11 is 14.6. The van der Waals surface area contributed by atoms with Crippen molar-refractivity contribution in [3.05, 3.63) is 95.3 Å². The quantitative estimate of drug-likeness (QED) is 0.218. The van der Waals surface area contributed by atoms with Crippen LogP contribution in [-0.4, -0.2) is 56.7 Å². The summed E-state index contributed by atoms with van der Waals surface area (Å²) in [5.41, 5.74) is 0.533. The van der Waals surface area contributed by atoms with E-state index in [2.05, 4.69) is 0 Å². The number of aromatic carboxylic acids is 1. The molecule has 0 bridgehead atoms. The topological polar surface area (TPSA) is 142 Å². The second kappa shape index (κ2) is 10.6. The zero-order valence-electron chi connectivity index (χ0n) is 24.5. The van der Waals surface area contributed by atoms with Crippen LogP contribution >= 0.6 is 23.2 Å². The van der Waals surface area contributed by atoms with Gasteiger partial charge >= 0.3 is 5.97 Å². The number of carbonyl (C=O) groups excluding carboxylic acids is 4. The summed E-state index contributed by atoms with van der Waals surface area (Å²) in [4.78, 5) is 65.7. The molecule has 2 N–H and O–H groups in total. The lowest BCUT2D eigenvalue weighted by molar-refractivity contribution is -0.125. The Morgan fingerprint density at radius 3 is 2.32 bits per heavy atom. The number of rotatable bonds is 5. The Morgan fingerprint density at radius 2 is 1.64 bits per heavy atom. The number of anilines is 2. The molecular weight excluding hydrogens is 654 g/mol. The summed E-state index contributed by atoms with van der Waals surface area (Å²) in [6.07, 6.45) is 1.44. The Kier molecular flexibility index (Phi) is 7.00. The predicted molar refractivity (Wildman–Crippen MR) is 167 cm³/mol. The molecule has 240 valence electrons. The third kappa shape index (κ3) is 4.19. The molecule has 7 rings (SSSR count). The number of halogens is 3. The fourth-order valence-corrected chi connectivity index (χ4v) is 8.59. The highest BCUT2D eigenvalue weighted by atomic mass is 35.5. The van der Waals surface area contributed by atoms with Gasteiger partial charge < -0.3 is 14.9 Å². The number of carbonyl (C=O) groups is 5. The number of hydrogen-bond donors (Lipinski definition) is 2. The SMILES string of the molecule is COc1ccc(O)c([C@H]2C3=CC[C@@H]4C(=O)N(c5cccc(C(=O)O)c5)C(=O)[C@@H]4[C@@H]3C[C@@]3(Cl)C(=O)N(c4ccc(F)cc4)C(=O)[C@@]23Cl)c1. The van der Waals surface area contributed by atoms with Crippen LogP contribution in [0.4, 0.5) is 15.8 Å². The molecule has 3 aromatic carbocycles. The lowest BCUT2D eigenvalue weighted by Crippen LogP contribution is -2.60. The third-order valence-electron chi connectivity index (χ3n) is 9.79. The number of amides is 4. The van der Waals surface area contributed by atoms with Crippen molar-refractivity contribution >= 4 is 64.2 Å². The van der Waals surface area contributed by atoms with Crippen molar-refractivity contribution in [1.29, 1.82) is 0 Å². The predicted octanol–water partition coefficient (Wildman–Crippen LogP) is 5.01. The van der Waals surface area contributed by atoms with E-state index in [4.69, 9.17) is 27.9 Å². The van der Waals surface area contributed by atoms with Crippen molar-refractivity contribution in [3.8, 4) is 11.5 Å². The summed E-state index contributed by atoms with van der Waals surface area (Å²) in [6.45, 7) is 0. The van der Waals surface area contributed by atoms with E-state index in [1.807, 2.05) is 0 Å². The number of phenolic OH excluding ortho intramolecular Hbond substituents is 1. The van der Waals surface area contributed by atoms with Crippen LogP contribution in [0.15, 0.2) is 78.4 Å². The molecule has 4 amide bonds. The molecule has 47 heavy (non-hydrogen) atoms. The second-order valence-corrected chi connectivity index (χ2v) is 13.3. The van der Waals surface area contributed by atoms with Crippen LogP contribution in [0.5, 0.6) is 11.5 Å². The van der Waals surface area contributed by atoms with Gasteiger partial charge in [-0.1, -0.05) is 17.7 Å². The molecule has 0 spiro atoms. The van der Waals surface area contributed by atoms with Crippen LogP contribution in [0.3, 0.4) is 0 Å². The molecule has 2 heterocycles. The van der Waals surface area contributed by atoms with Gasteiger partial charge in [0.05, 0.1) is 35.9 Å². The Morgan fingerprint density at radius 1 is 0.915 bits per heavy atom. The van der Waals surface area contributed by atoms with E-state index in [9.17, 15) is 38.6 Å². The fourth-order valence-electron chi connectivity index (χ4n) is 7.67. The number of phenols is 1. The van der Waals surface area contributed by atoms with E-state index in [0.29, 0.717) is 11.3 Å². The lowest BCUT2D eigenvalue weighted by atomic mass is 9.56. The number of carboxylic acids is 1. The van der Waals surface area contributed by atoms with Gasteiger partial charge in [-0.15, -0.1) is 23.2 Å². The van der Waals surface area contributed by atoms with E-state index in [1.165, 1.54) is 61.7 Å². The molecule has 4 aliphatic rings. The first-order valence-electron chi connectivity index (χ1n) is 14.6. The molecular formula is C34H25Cl2FN2O8. The highest BCUT2D eigenvalue weighted by Gasteiger charge is 2.77. The number of carboxylic acid groups (broad SMARTS) is 1. The number of ether oxygens (including phenoxy) is 1. The summed E-state index contributed by atoms with van der Waals surface area (Å²) < 4.78 is 19.2. The summed E-state index contributed by atoms with van der Waals surface area (Å²) in [7, 11) is 1.41. The van der Waals surface area contributed by atoms with Gasteiger partial charge in [-0.25, -0.2) is 14.1 Å². The van der Waals surface area contributed by atoms with E-state index in [1.54, 1.807) is 6.08 Å². The maximum atomic E-state index is 14.4. The zero-order valence-corrected chi connectivity index (χ0v) is 26.0. The lowest BCUT2D eigenvalue weighted by Gasteiger charge is -2.50. The molecule has 2 saturated heterocycles. The van der Waals surface area contributed by atoms with Gasteiger partial charge in [0, 0.05) is 11.5 Å². The monoisotopic (exact) mass is 678 g/mol. The summed E-state index contributed by atoms with van der Waals surface area (Å²) in [5, 5.41) is 20.7. The normalized spacial score (nSPS) is 29.7. The number of benzene rings is 3. The minimum absolute atomic E-state index is 0.0240. The maximum Gasteiger partial charge on any atom is 0.335 e. The Bertz CT molecular complexity index is 1950. The number of fused-ring (bicyclic) bond motifs is 4. The van der Waals surface area contributed by atoms with Crippen LogP contribution in [0, 0.1) is 23.6 Å². The van der Waals surface area contributed by atoms with E-state index < -0.39 is 68.8 Å². The molecule has 6 atom stereocenters. The van der Waals surface area contributed by atoms with Gasteiger partial charge in [0.15, 0.2) is 9.75 Å². The highest BCUT2D eigenvalue weighted by molar-refractivity contribution is 6.58. The number of nitrogens with zero attached hydrogens (tertiary/aromatic N) is 2. The van der Waals surface area contributed by atoms with E-state index in [0.717, 1.165) is 21.9 Å². The standard InChI is InChI=1S/C34H25Cl2FN2O8/c1-47-20-9-12-25(40)23(14-20)27-21-10-11-22-26(29(42)38(28(22)41)19-4-2-3-16(13-19)30(43)44)24(21)15-33(35)31(45)39(32(46)34(27,33)36)18-7-5-17(37)6-8-18/h2-10,12-14,22,24,26-27,40H,11,15H2,1H3,(H,43,44)/t22-,24+,26-,27+,33+,34-/m0/s1. The maximum absolute atomic E-state index is 14.4. The molecule has 3 aromatic rings. The largest absolute Gasteiger partial charge is 0.508 e. The molecule has 10 nitrogen and oxygen atoms in total. The Hall–Kier alpha value is -4.74. The van der Waals surface area contributed by atoms with Gasteiger partial charge in [-0.2, -0.15) is 0 Å². The number of methoxy groups -OCH3 is 1. The molecule has 1 saturated carbocycles. The minimum atomic E-state index is -2.24. The Balaban J connectivity index is 1.40.